The Bertz CT molecular complexity index is 994. The zero-order valence-electron chi connectivity index (χ0n) is 12.4. The maximum atomic E-state index is 12.1. The van der Waals surface area contributed by atoms with Gasteiger partial charge in [0.2, 0.25) is 4.96 Å². The molecule has 0 radical (unpaired) electrons. The predicted molar refractivity (Wildman–Crippen MR) is 92.4 cm³/mol. The second-order valence-corrected chi connectivity index (χ2v) is 7.39. The van der Waals surface area contributed by atoms with Gasteiger partial charge in [-0.05, 0) is 40.9 Å². The van der Waals surface area contributed by atoms with Gasteiger partial charge in [0.05, 0.1) is 11.3 Å². The van der Waals surface area contributed by atoms with Gasteiger partial charge in [-0.2, -0.15) is 9.61 Å². The van der Waals surface area contributed by atoms with Crippen LogP contribution in [0.2, 0.25) is 0 Å². The Morgan fingerprint density at radius 1 is 1.38 bits per heavy atom. The minimum absolute atomic E-state index is 0.0530. The number of hydrogen-bond acceptors (Lipinski definition) is 6. The van der Waals surface area contributed by atoms with E-state index in [1.54, 1.807) is 18.2 Å². The summed E-state index contributed by atoms with van der Waals surface area (Å²) in [6, 6.07) is 8.37. The normalized spacial score (nSPS) is 14.0. The molecule has 1 aromatic carbocycles. The Labute approximate surface area is 149 Å². The minimum atomic E-state index is -0.465. The van der Waals surface area contributed by atoms with Gasteiger partial charge in [-0.25, -0.2) is 9.78 Å². The first-order valence-corrected chi connectivity index (χ1v) is 9.04. The lowest BCUT2D eigenvalue weighted by molar-refractivity contribution is 0.0466. The molecular weight excluding hydrogens is 394 g/mol. The summed E-state index contributed by atoms with van der Waals surface area (Å²) in [7, 11) is 0. The number of ether oxygens (including phenoxy) is 1. The van der Waals surface area contributed by atoms with Crippen LogP contribution in [0.25, 0.3) is 4.96 Å². The second-order valence-electron chi connectivity index (χ2n) is 5.55. The van der Waals surface area contributed by atoms with Crippen molar-refractivity contribution in [2.75, 3.05) is 0 Å². The predicted octanol–water partition coefficient (Wildman–Crippen LogP) is 3.15. The quantitative estimate of drug-likeness (QED) is 0.623. The Balaban J connectivity index is 1.55. The van der Waals surface area contributed by atoms with E-state index in [9.17, 15) is 9.59 Å². The van der Waals surface area contributed by atoms with Crippen molar-refractivity contribution < 1.29 is 9.53 Å². The molecule has 0 aliphatic heterocycles. The van der Waals surface area contributed by atoms with E-state index >= 15 is 0 Å². The third kappa shape index (κ3) is 2.99. The van der Waals surface area contributed by atoms with E-state index < -0.39 is 5.97 Å². The number of nitrogens with zero attached hydrogens (tertiary/aromatic N) is 3. The molecule has 1 aliphatic carbocycles. The first kappa shape index (κ1) is 15.5. The summed E-state index contributed by atoms with van der Waals surface area (Å²) in [6.45, 7) is -0.0530. The van der Waals surface area contributed by atoms with E-state index in [1.165, 1.54) is 21.9 Å². The Hall–Kier alpha value is -2.06. The molecule has 0 saturated heterocycles. The lowest BCUT2D eigenvalue weighted by Gasteiger charge is -2.05. The zero-order chi connectivity index (χ0) is 16.7. The lowest BCUT2D eigenvalue weighted by atomic mass is 10.2. The molecule has 2 heterocycles. The van der Waals surface area contributed by atoms with E-state index in [2.05, 4.69) is 26.0 Å². The van der Waals surface area contributed by atoms with Gasteiger partial charge < -0.3 is 4.74 Å². The fraction of sp³-hybridized carbons (Fsp3) is 0.250. The van der Waals surface area contributed by atoms with Gasteiger partial charge in [0, 0.05) is 16.5 Å². The summed E-state index contributed by atoms with van der Waals surface area (Å²) < 4.78 is 7.25. The van der Waals surface area contributed by atoms with Crippen LogP contribution in [0.3, 0.4) is 0 Å². The van der Waals surface area contributed by atoms with E-state index in [1.807, 2.05) is 6.07 Å². The monoisotopic (exact) mass is 405 g/mol. The van der Waals surface area contributed by atoms with Crippen LogP contribution in [0, 0.1) is 0 Å². The highest BCUT2D eigenvalue weighted by molar-refractivity contribution is 9.10. The number of fused-ring (bicyclic) bond motifs is 1. The van der Waals surface area contributed by atoms with Crippen molar-refractivity contribution >= 4 is 38.2 Å². The first-order chi connectivity index (χ1) is 11.6. The number of benzene rings is 1. The molecule has 1 fully saturated rings. The molecule has 0 atom stereocenters. The molecule has 1 saturated carbocycles. The molecule has 0 N–H and O–H groups in total. The molecule has 3 aromatic rings. The average molecular weight is 406 g/mol. The van der Waals surface area contributed by atoms with E-state index in [0.717, 1.165) is 17.8 Å². The van der Waals surface area contributed by atoms with E-state index in [0.29, 0.717) is 26.6 Å². The molecular formula is C16H12BrN3O3S. The third-order valence-corrected chi connectivity index (χ3v) is 5.45. The molecule has 4 rings (SSSR count). The highest BCUT2D eigenvalue weighted by atomic mass is 79.9. The summed E-state index contributed by atoms with van der Waals surface area (Å²) >= 11 is 4.74. The van der Waals surface area contributed by atoms with Gasteiger partial charge in [0.1, 0.15) is 11.6 Å². The maximum Gasteiger partial charge on any atom is 0.339 e. The van der Waals surface area contributed by atoms with Crippen LogP contribution in [-0.4, -0.2) is 20.6 Å². The second kappa shape index (κ2) is 6.10. The van der Waals surface area contributed by atoms with Crippen LogP contribution in [0.1, 0.15) is 39.8 Å². The number of carbonyl (C=O) groups excluding carboxylic acids is 1. The summed E-state index contributed by atoms with van der Waals surface area (Å²) in [6.07, 6.45) is 2.23. The Morgan fingerprint density at radius 2 is 2.17 bits per heavy atom. The van der Waals surface area contributed by atoms with Crippen molar-refractivity contribution in [1.82, 2.24) is 14.6 Å². The molecule has 0 spiro atoms. The van der Waals surface area contributed by atoms with Crippen LogP contribution in [0.15, 0.2) is 39.6 Å². The molecule has 0 amide bonds. The number of aromatic nitrogens is 3. The SMILES string of the molecule is O=C(OCc1cc(=O)n2nc(C3CC3)sc2n1)c1ccccc1Br. The van der Waals surface area contributed by atoms with Crippen LogP contribution >= 0.6 is 27.3 Å². The summed E-state index contributed by atoms with van der Waals surface area (Å²) in [4.78, 5) is 29.2. The minimum Gasteiger partial charge on any atom is -0.456 e. The number of hydrogen-bond donors (Lipinski definition) is 0. The fourth-order valence-electron chi connectivity index (χ4n) is 2.28. The molecule has 122 valence electrons. The van der Waals surface area contributed by atoms with Crippen LogP contribution in [0.5, 0.6) is 0 Å². The average Bonchev–Trinajstić information content (AvgIpc) is 3.33. The fourth-order valence-corrected chi connectivity index (χ4v) is 3.82. The zero-order valence-corrected chi connectivity index (χ0v) is 14.8. The molecule has 24 heavy (non-hydrogen) atoms. The molecule has 8 heteroatoms. The van der Waals surface area contributed by atoms with Gasteiger partial charge in [0.25, 0.3) is 5.56 Å². The number of carbonyl (C=O) groups is 1. The number of halogens is 1. The number of rotatable bonds is 4. The Kier molecular flexibility index (Phi) is 3.93. The van der Waals surface area contributed by atoms with Crippen molar-refractivity contribution in [2.24, 2.45) is 0 Å². The molecule has 0 unspecified atom stereocenters. The molecule has 0 bridgehead atoms. The van der Waals surface area contributed by atoms with Crippen molar-refractivity contribution in [3.63, 3.8) is 0 Å². The largest absolute Gasteiger partial charge is 0.456 e. The van der Waals surface area contributed by atoms with Crippen LogP contribution < -0.4 is 5.56 Å². The lowest BCUT2D eigenvalue weighted by Crippen LogP contribution is -2.16. The van der Waals surface area contributed by atoms with Gasteiger partial charge in [-0.15, -0.1) is 0 Å². The summed E-state index contributed by atoms with van der Waals surface area (Å²) in [5.74, 6) is 0.000238. The third-order valence-electron chi connectivity index (χ3n) is 3.69. The summed E-state index contributed by atoms with van der Waals surface area (Å²) in [5, 5.41) is 5.26. The van der Waals surface area contributed by atoms with Crippen molar-refractivity contribution in [3.05, 3.63) is 61.4 Å². The topological polar surface area (TPSA) is 73.6 Å². The molecule has 2 aromatic heterocycles. The highest BCUT2D eigenvalue weighted by Crippen LogP contribution is 2.41. The van der Waals surface area contributed by atoms with Crippen molar-refractivity contribution in [3.8, 4) is 0 Å². The van der Waals surface area contributed by atoms with Gasteiger partial charge >= 0.3 is 5.97 Å². The van der Waals surface area contributed by atoms with Gasteiger partial charge in [-0.3, -0.25) is 4.79 Å². The molecule has 1 aliphatic rings. The summed E-state index contributed by atoms with van der Waals surface area (Å²) in [5.41, 5.74) is 0.602. The van der Waals surface area contributed by atoms with Crippen molar-refractivity contribution in [2.45, 2.75) is 25.4 Å². The van der Waals surface area contributed by atoms with Gasteiger partial charge in [-0.1, -0.05) is 23.5 Å². The van der Waals surface area contributed by atoms with E-state index in [-0.39, 0.29) is 12.2 Å². The smallest absolute Gasteiger partial charge is 0.339 e. The standard InChI is InChI=1S/C16H12BrN3O3S/c17-12-4-2-1-3-11(12)15(22)23-8-10-7-13(21)20-16(18-10)24-14(19-20)9-5-6-9/h1-4,7,9H,5-6,8H2. The van der Waals surface area contributed by atoms with Gasteiger partial charge in [0.15, 0.2) is 0 Å². The number of esters is 1. The van der Waals surface area contributed by atoms with Crippen molar-refractivity contribution in [1.29, 1.82) is 0 Å². The molecule has 6 nitrogen and oxygen atoms in total. The maximum absolute atomic E-state index is 12.1. The van der Waals surface area contributed by atoms with Crippen LogP contribution in [0.4, 0.5) is 0 Å². The highest BCUT2D eigenvalue weighted by Gasteiger charge is 2.28. The Morgan fingerprint density at radius 3 is 2.92 bits per heavy atom. The first-order valence-electron chi connectivity index (χ1n) is 7.43. The van der Waals surface area contributed by atoms with Crippen LogP contribution in [-0.2, 0) is 11.3 Å². The van der Waals surface area contributed by atoms with E-state index in [4.69, 9.17) is 4.74 Å².